The van der Waals surface area contributed by atoms with Gasteiger partial charge in [0.15, 0.2) is 0 Å². The molecule has 3 amide bonds. The van der Waals surface area contributed by atoms with Gasteiger partial charge in [-0.15, -0.1) is 0 Å². The zero-order valence-electron chi connectivity index (χ0n) is 18.9. The fraction of sp³-hybridized carbons (Fsp3) is 0.231. The van der Waals surface area contributed by atoms with Crippen molar-refractivity contribution in [2.75, 3.05) is 23.3 Å². The van der Waals surface area contributed by atoms with Crippen LogP contribution in [0.4, 0.5) is 33.7 Å². The van der Waals surface area contributed by atoms with Gasteiger partial charge < -0.3 is 10.2 Å². The molecule has 0 spiro atoms. The van der Waals surface area contributed by atoms with E-state index in [1.165, 1.54) is 29.2 Å². The highest BCUT2D eigenvalue weighted by Crippen LogP contribution is 2.32. The Balaban J connectivity index is 1.58. The van der Waals surface area contributed by atoms with E-state index in [0.717, 1.165) is 17.7 Å². The molecule has 1 fully saturated rings. The molecule has 1 N–H and O–H groups in total. The average Bonchev–Trinajstić information content (AvgIpc) is 2.80. The first-order valence-corrected chi connectivity index (χ1v) is 11.0. The Hall–Kier alpha value is -3.88. The summed E-state index contributed by atoms with van der Waals surface area (Å²) < 4.78 is 52.8. The number of halogens is 4. The fourth-order valence-electron chi connectivity index (χ4n) is 4.02. The van der Waals surface area contributed by atoms with E-state index in [4.69, 9.17) is 0 Å². The van der Waals surface area contributed by atoms with Gasteiger partial charge >= 0.3 is 12.2 Å². The number of nitrogens with one attached hydrogen (secondary N) is 1. The monoisotopic (exact) mass is 485 g/mol. The maximum absolute atomic E-state index is 13.6. The SMILES string of the molecule is Cc1ccc(N2CCCN(Cc3cccc(F)c3)C2=O)c(NC(=O)c2cccc(C(F)(F)F)c2)c1. The van der Waals surface area contributed by atoms with Crippen molar-refractivity contribution in [3.05, 3.63) is 94.8 Å². The number of rotatable bonds is 5. The van der Waals surface area contributed by atoms with E-state index >= 15 is 0 Å². The van der Waals surface area contributed by atoms with Crippen molar-refractivity contribution in [1.29, 1.82) is 0 Å². The lowest BCUT2D eigenvalue weighted by molar-refractivity contribution is -0.137. The Morgan fingerprint density at radius 3 is 2.51 bits per heavy atom. The Morgan fingerprint density at radius 1 is 1.00 bits per heavy atom. The van der Waals surface area contributed by atoms with Crippen LogP contribution in [-0.2, 0) is 12.7 Å². The Morgan fingerprint density at radius 2 is 1.77 bits per heavy atom. The van der Waals surface area contributed by atoms with E-state index in [1.54, 1.807) is 42.2 Å². The largest absolute Gasteiger partial charge is 0.416 e. The zero-order valence-corrected chi connectivity index (χ0v) is 18.9. The van der Waals surface area contributed by atoms with Gasteiger partial charge in [0.05, 0.1) is 16.9 Å². The highest BCUT2D eigenvalue weighted by Gasteiger charge is 2.31. The third kappa shape index (κ3) is 5.62. The van der Waals surface area contributed by atoms with Gasteiger partial charge in [-0.1, -0.05) is 24.3 Å². The summed E-state index contributed by atoms with van der Waals surface area (Å²) in [6.07, 6.45) is -3.92. The molecule has 5 nitrogen and oxygen atoms in total. The van der Waals surface area contributed by atoms with Crippen LogP contribution in [0.3, 0.4) is 0 Å². The lowest BCUT2D eigenvalue weighted by Crippen LogP contribution is -2.49. The molecule has 182 valence electrons. The number of amides is 3. The van der Waals surface area contributed by atoms with E-state index in [-0.39, 0.29) is 24.0 Å². The number of carbonyl (C=O) groups excluding carboxylic acids is 2. The molecule has 1 aliphatic heterocycles. The van der Waals surface area contributed by atoms with Gasteiger partial charge in [-0.3, -0.25) is 9.69 Å². The fourth-order valence-corrected chi connectivity index (χ4v) is 4.02. The smallest absolute Gasteiger partial charge is 0.320 e. The van der Waals surface area contributed by atoms with Crippen LogP contribution >= 0.6 is 0 Å². The maximum Gasteiger partial charge on any atom is 0.416 e. The Bertz CT molecular complexity index is 1260. The normalized spacial score (nSPS) is 14.3. The predicted molar refractivity (Wildman–Crippen MR) is 125 cm³/mol. The third-order valence-corrected chi connectivity index (χ3v) is 5.72. The zero-order chi connectivity index (χ0) is 25.2. The number of hydrogen-bond donors (Lipinski definition) is 1. The van der Waals surface area contributed by atoms with Gasteiger partial charge in [0, 0.05) is 25.2 Å². The molecule has 1 heterocycles. The first kappa shape index (κ1) is 24.3. The lowest BCUT2D eigenvalue weighted by Gasteiger charge is -2.36. The summed E-state index contributed by atoms with van der Waals surface area (Å²) in [6, 6.07) is 15.0. The van der Waals surface area contributed by atoms with E-state index in [1.807, 2.05) is 0 Å². The number of urea groups is 1. The quantitative estimate of drug-likeness (QED) is 0.435. The van der Waals surface area contributed by atoms with Gasteiger partial charge in [0.1, 0.15) is 5.82 Å². The minimum atomic E-state index is -4.57. The lowest BCUT2D eigenvalue weighted by atomic mass is 10.1. The minimum absolute atomic E-state index is 0.148. The molecule has 9 heteroatoms. The van der Waals surface area contributed by atoms with Crippen LogP contribution in [0.2, 0.25) is 0 Å². The van der Waals surface area contributed by atoms with Crippen LogP contribution in [0.15, 0.2) is 66.7 Å². The summed E-state index contributed by atoms with van der Waals surface area (Å²) in [7, 11) is 0. The van der Waals surface area contributed by atoms with Crippen molar-refractivity contribution in [1.82, 2.24) is 4.90 Å². The molecule has 3 aromatic carbocycles. The van der Waals surface area contributed by atoms with Crippen LogP contribution in [0.5, 0.6) is 0 Å². The number of anilines is 2. The van der Waals surface area contributed by atoms with E-state index in [9.17, 15) is 27.2 Å². The Labute approximate surface area is 200 Å². The predicted octanol–water partition coefficient (Wildman–Crippen LogP) is 6.24. The molecule has 0 radical (unpaired) electrons. The van der Waals surface area contributed by atoms with Crippen molar-refractivity contribution in [2.45, 2.75) is 26.1 Å². The van der Waals surface area contributed by atoms with Gasteiger partial charge in [-0.05, 0) is 66.9 Å². The molecule has 4 rings (SSSR count). The number of hydrogen-bond acceptors (Lipinski definition) is 2. The van der Waals surface area contributed by atoms with Gasteiger partial charge in [-0.25, -0.2) is 9.18 Å². The minimum Gasteiger partial charge on any atom is -0.320 e. The summed E-state index contributed by atoms with van der Waals surface area (Å²) in [4.78, 5) is 29.2. The van der Waals surface area contributed by atoms with E-state index in [0.29, 0.717) is 36.4 Å². The summed E-state index contributed by atoms with van der Waals surface area (Å²) in [5, 5.41) is 2.67. The van der Waals surface area contributed by atoms with Crippen molar-refractivity contribution in [3.63, 3.8) is 0 Å². The van der Waals surface area contributed by atoms with Crippen molar-refractivity contribution >= 4 is 23.3 Å². The van der Waals surface area contributed by atoms with Crippen LogP contribution < -0.4 is 10.2 Å². The molecule has 1 aliphatic rings. The van der Waals surface area contributed by atoms with Gasteiger partial charge in [0.2, 0.25) is 0 Å². The number of alkyl halides is 3. The summed E-state index contributed by atoms with van der Waals surface area (Å²) in [5.41, 5.74) is 1.13. The highest BCUT2D eigenvalue weighted by molar-refractivity contribution is 6.07. The molecule has 0 aromatic heterocycles. The van der Waals surface area contributed by atoms with Crippen LogP contribution in [0.1, 0.15) is 33.5 Å². The van der Waals surface area contributed by atoms with Crippen LogP contribution in [0.25, 0.3) is 0 Å². The maximum atomic E-state index is 13.6. The summed E-state index contributed by atoms with van der Waals surface area (Å²) >= 11 is 0. The van der Waals surface area contributed by atoms with Gasteiger partial charge in [0.25, 0.3) is 5.91 Å². The van der Waals surface area contributed by atoms with Crippen LogP contribution in [0, 0.1) is 12.7 Å². The molecule has 0 aliphatic carbocycles. The van der Waals surface area contributed by atoms with E-state index < -0.39 is 17.6 Å². The summed E-state index contributed by atoms with van der Waals surface area (Å²) in [5.74, 6) is -1.11. The molecule has 0 atom stereocenters. The van der Waals surface area contributed by atoms with Crippen molar-refractivity contribution in [3.8, 4) is 0 Å². The molecular weight excluding hydrogens is 462 g/mol. The summed E-state index contributed by atoms with van der Waals surface area (Å²) in [6.45, 7) is 2.92. The highest BCUT2D eigenvalue weighted by atomic mass is 19.4. The Kier molecular flexibility index (Phi) is 6.77. The second-order valence-electron chi connectivity index (χ2n) is 8.39. The molecule has 3 aromatic rings. The number of carbonyl (C=O) groups is 2. The van der Waals surface area contributed by atoms with E-state index in [2.05, 4.69) is 5.32 Å². The second kappa shape index (κ2) is 9.77. The van der Waals surface area contributed by atoms with Gasteiger partial charge in [-0.2, -0.15) is 13.2 Å². The molecule has 35 heavy (non-hydrogen) atoms. The van der Waals surface area contributed by atoms with Crippen LogP contribution in [-0.4, -0.2) is 29.9 Å². The molecule has 1 saturated heterocycles. The first-order valence-electron chi connectivity index (χ1n) is 11.0. The second-order valence-corrected chi connectivity index (χ2v) is 8.39. The number of aryl methyl sites for hydroxylation is 1. The average molecular weight is 485 g/mol. The molecule has 0 unspecified atom stereocenters. The van der Waals surface area contributed by atoms with Crippen molar-refractivity contribution in [2.24, 2.45) is 0 Å². The number of nitrogens with zero attached hydrogens (tertiary/aromatic N) is 2. The van der Waals surface area contributed by atoms with Crippen molar-refractivity contribution < 1.29 is 27.2 Å². The molecule has 0 bridgehead atoms. The molecular formula is C26H23F4N3O2. The topological polar surface area (TPSA) is 52.6 Å². The molecule has 0 saturated carbocycles. The number of benzene rings is 3. The standard InChI is InChI=1S/C26H23F4N3O2/c1-17-9-10-23(22(13-17)31-24(34)19-6-3-7-20(15-19)26(28,29)30)33-12-4-11-32(25(33)35)16-18-5-2-8-21(27)14-18/h2-3,5-10,13-15H,4,11-12,16H2,1H3,(H,31,34). The third-order valence-electron chi connectivity index (χ3n) is 5.72. The first-order chi connectivity index (χ1) is 16.6.